The van der Waals surface area contributed by atoms with Crippen molar-refractivity contribution in [3.05, 3.63) is 16.1 Å². The van der Waals surface area contributed by atoms with Crippen molar-refractivity contribution in [2.45, 2.75) is 19.5 Å². The van der Waals surface area contributed by atoms with E-state index in [1.807, 2.05) is 6.92 Å². The Morgan fingerprint density at radius 3 is 2.93 bits per heavy atom. The molecule has 0 amide bonds. The van der Waals surface area contributed by atoms with Crippen molar-refractivity contribution in [2.75, 3.05) is 26.3 Å². The third-order valence-corrected chi connectivity index (χ3v) is 3.35. The number of aromatic nitrogens is 1. The first-order valence-corrected chi connectivity index (χ1v) is 6.13. The normalized spacial score (nSPS) is 20.4. The predicted octanol–water partition coefficient (Wildman–Crippen LogP) is 0.995. The van der Waals surface area contributed by atoms with Crippen molar-refractivity contribution in [1.29, 1.82) is 0 Å². The molecule has 1 aromatic rings. The predicted molar refractivity (Wildman–Crippen MR) is 60.8 cm³/mol. The van der Waals surface area contributed by atoms with Crippen molar-refractivity contribution in [2.24, 2.45) is 5.73 Å². The van der Waals surface area contributed by atoms with Crippen LogP contribution in [0.5, 0.6) is 0 Å². The summed E-state index contributed by atoms with van der Waals surface area (Å²) in [7, 11) is 0. The lowest BCUT2D eigenvalue weighted by Crippen LogP contribution is -2.35. The molecule has 0 aliphatic carbocycles. The highest BCUT2D eigenvalue weighted by atomic mass is 32.1. The minimum Gasteiger partial charge on any atom is -0.379 e. The van der Waals surface area contributed by atoms with E-state index in [1.165, 1.54) is 0 Å². The Balaban J connectivity index is 1.91. The molecule has 2 N–H and O–H groups in total. The number of hydrogen-bond acceptors (Lipinski definition) is 5. The molecule has 4 nitrogen and oxygen atoms in total. The molecule has 5 heteroatoms. The minimum absolute atomic E-state index is 0.0414. The van der Waals surface area contributed by atoms with Crippen LogP contribution in [0.4, 0.5) is 0 Å². The van der Waals surface area contributed by atoms with E-state index >= 15 is 0 Å². The van der Waals surface area contributed by atoms with E-state index in [-0.39, 0.29) is 6.04 Å². The van der Waals surface area contributed by atoms with Crippen molar-refractivity contribution in [1.82, 2.24) is 9.88 Å². The number of ether oxygens (including phenoxy) is 1. The van der Waals surface area contributed by atoms with E-state index in [9.17, 15) is 0 Å². The third kappa shape index (κ3) is 2.98. The fourth-order valence-corrected chi connectivity index (χ4v) is 2.50. The molecule has 1 atom stereocenters. The first-order valence-electron chi connectivity index (χ1n) is 5.25. The molecule has 1 unspecified atom stereocenters. The molecular weight excluding hydrogens is 210 g/mol. The van der Waals surface area contributed by atoms with Gasteiger partial charge in [-0.05, 0) is 6.92 Å². The number of nitrogens with zero attached hydrogens (tertiary/aromatic N) is 2. The average Bonchev–Trinajstić information content (AvgIpc) is 2.68. The van der Waals surface area contributed by atoms with Crippen molar-refractivity contribution >= 4 is 11.3 Å². The van der Waals surface area contributed by atoms with Crippen LogP contribution in [-0.4, -0.2) is 36.2 Å². The maximum Gasteiger partial charge on any atom is 0.107 e. The van der Waals surface area contributed by atoms with E-state index in [2.05, 4.69) is 15.3 Å². The van der Waals surface area contributed by atoms with Crippen LogP contribution in [0.3, 0.4) is 0 Å². The number of morpholine rings is 1. The van der Waals surface area contributed by atoms with Gasteiger partial charge in [-0.15, -0.1) is 11.3 Å². The monoisotopic (exact) mass is 227 g/mol. The lowest BCUT2D eigenvalue weighted by molar-refractivity contribution is 0.0341. The summed E-state index contributed by atoms with van der Waals surface area (Å²) in [4.78, 5) is 6.88. The molecule has 2 heterocycles. The molecule has 1 aromatic heterocycles. The summed E-state index contributed by atoms with van der Waals surface area (Å²) in [6, 6.07) is 0.0414. The van der Waals surface area contributed by atoms with Crippen LogP contribution >= 0.6 is 11.3 Å². The van der Waals surface area contributed by atoms with Gasteiger partial charge in [0, 0.05) is 24.5 Å². The summed E-state index contributed by atoms with van der Waals surface area (Å²) < 4.78 is 5.30. The van der Waals surface area contributed by atoms with Gasteiger partial charge in [-0.25, -0.2) is 4.98 Å². The van der Waals surface area contributed by atoms with Gasteiger partial charge in [0.25, 0.3) is 0 Å². The lowest BCUT2D eigenvalue weighted by atomic mass is 10.3. The molecule has 0 aromatic carbocycles. The van der Waals surface area contributed by atoms with Crippen LogP contribution in [0, 0.1) is 0 Å². The largest absolute Gasteiger partial charge is 0.379 e. The molecule has 84 valence electrons. The van der Waals surface area contributed by atoms with Gasteiger partial charge in [0.2, 0.25) is 0 Å². The van der Waals surface area contributed by atoms with Crippen LogP contribution in [0.25, 0.3) is 0 Å². The molecule has 0 spiro atoms. The van der Waals surface area contributed by atoms with Gasteiger partial charge in [0.05, 0.1) is 25.5 Å². The molecule has 0 bridgehead atoms. The SMILES string of the molecule is CC(N)c1csc(CN2CCOCC2)n1. The van der Waals surface area contributed by atoms with Gasteiger partial charge in [0.15, 0.2) is 0 Å². The van der Waals surface area contributed by atoms with Crippen LogP contribution in [0.15, 0.2) is 5.38 Å². The Morgan fingerprint density at radius 2 is 2.33 bits per heavy atom. The second-order valence-electron chi connectivity index (χ2n) is 3.84. The number of hydrogen-bond donors (Lipinski definition) is 1. The zero-order valence-electron chi connectivity index (χ0n) is 8.98. The fraction of sp³-hybridized carbons (Fsp3) is 0.700. The van der Waals surface area contributed by atoms with Crippen LogP contribution in [0.2, 0.25) is 0 Å². The topological polar surface area (TPSA) is 51.4 Å². The highest BCUT2D eigenvalue weighted by Crippen LogP contribution is 2.16. The second kappa shape index (κ2) is 5.03. The first kappa shape index (κ1) is 11.0. The summed E-state index contributed by atoms with van der Waals surface area (Å²) in [5, 5.41) is 3.21. The number of rotatable bonds is 3. The van der Waals surface area contributed by atoms with Crippen molar-refractivity contribution < 1.29 is 4.74 Å². The minimum atomic E-state index is 0.0414. The number of thiazole rings is 1. The molecular formula is C10H17N3OS. The first-order chi connectivity index (χ1) is 7.25. The van der Waals surface area contributed by atoms with Crippen LogP contribution in [0.1, 0.15) is 23.7 Å². The molecule has 0 saturated carbocycles. The van der Waals surface area contributed by atoms with Gasteiger partial charge in [-0.3, -0.25) is 4.90 Å². The molecule has 15 heavy (non-hydrogen) atoms. The van der Waals surface area contributed by atoms with Crippen molar-refractivity contribution in [3.8, 4) is 0 Å². The molecule has 0 radical (unpaired) electrons. The van der Waals surface area contributed by atoms with E-state index in [1.54, 1.807) is 11.3 Å². The summed E-state index contributed by atoms with van der Waals surface area (Å²) in [5.41, 5.74) is 6.77. The third-order valence-electron chi connectivity index (χ3n) is 2.50. The Morgan fingerprint density at radius 1 is 1.60 bits per heavy atom. The second-order valence-corrected chi connectivity index (χ2v) is 4.79. The summed E-state index contributed by atoms with van der Waals surface area (Å²) in [6.45, 7) is 6.59. The standard InChI is InChI=1S/C10H17N3OS/c1-8(11)9-7-15-10(12-9)6-13-2-4-14-5-3-13/h7-8H,2-6,11H2,1H3. The van der Waals surface area contributed by atoms with E-state index in [4.69, 9.17) is 10.5 Å². The Hall–Kier alpha value is -0.490. The summed E-state index contributed by atoms with van der Waals surface area (Å²) in [5.74, 6) is 0. The van der Waals surface area contributed by atoms with Gasteiger partial charge < -0.3 is 10.5 Å². The molecule has 1 fully saturated rings. The fourth-order valence-electron chi connectivity index (χ4n) is 1.56. The molecule has 1 aliphatic heterocycles. The Kier molecular flexibility index (Phi) is 3.69. The van der Waals surface area contributed by atoms with Crippen LogP contribution in [-0.2, 0) is 11.3 Å². The number of nitrogens with two attached hydrogens (primary N) is 1. The highest BCUT2D eigenvalue weighted by Gasteiger charge is 2.13. The van der Waals surface area contributed by atoms with E-state index < -0.39 is 0 Å². The average molecular weight is 227 g/mol. The van der Waals surface area contributed by atoms with Gasteiger partial charge in [0.1, 0.15) is 5.01 Å². The maximum atomic E-state index is 5.77. The molecule has 1 aliphatic rings. The van der Waals surface area contributed by atoms with Crippen LogP contribution < -0.4 is 5.73 Å². The highest BCUT2D eigenvalue weighted by molar-refractivity contribution is 7.09. The van der Waals surface area contributed by atoms with E-state index in [0.29, 0.717) is 0 Å². The van der Waals surface area contributed by atoms with Gasteiger partial charge in [-0.2, -0.15) is 0 Å². The van der Waals surface area contributed by atoms with Crippen molar-refractivity contribution in [3.63, 3.8) is 0 Å². The van der Waals surface area contributed by atoms with Gasteiger partial charge in [-0.1, -0.05) is 0 Å². The quantitative estimate of drug-likeness (QED) is 0.837. The Bertz CT molecular complexity index is 307. The van der Waals surface area contributed by atoms with Gasteiger partial charge >= 0.3 is 0 Å². The molecule has 2 rings (SSSR count). The molecule has 1 saturated heterocycles. The van der Waals surface area contributed by atoms with E-state index in [0.717, 1.165) is 43.5 Å². The maximum absolute atomic E-state index is 5.77. The summed E-state index contributed by atoms with van der Waals surface area (Å²) >= 11 is 1.70. The Labute approximate surface area is 94.1 Å². The summed E-state index contributed by atoms with van der Waals surface area (Å²) in [6.07, 6.45) is 0. The zero-order chi connectivity index (χ0) is 10.7. The lowest BCUT2D eigenvalue weighted by Gasteiger charge is -2.25. The smallest absolute Gasteiger partial charge is 0.107 e. The zero-order valence-corrected chi connectivity index (χ0v) is 9.80.